The Hall–Kier alpha value is -1.37. The molecule has 1 aliphatic carbocycles. The summed E-state index contributed by atoms with van der Waals surface area (Å²) in [6, 6.07) is 11.2. The highest BCUT2D eigenvalue weighted by Gasteiger charge is 2.17. The fraction of sp³-hybridized carbons (Fsp3) is 0.471. The Labute approximate surface area is 110 Å². The van der Waals surface area contributed by atoms with Crippen LogP contribution in [0, 0.1) is 0 Å². The van der Waals surface area contributed by atoms with Crippen molar-refractivity contribution in [1.82, 2.24) is 0 Å². The van der Waals surface area contributed by atoms with Gasteiger partial charge in [-0.1, -0.05) is 35.9 Å². The van der Waals surface area contributed by atoms with Crippen LogP contribution in [-0.4, -0.2) is 12.3 Å². The van der Waals surface area contributed by atoms with E-state index in [4.69, 9.17) is 4.99 Å². The van der Waals surface area contributed by atoms with Gasteiger partial charge in [0.05, 0.1) is 6.04 Å². The number of allylic oxidation sites excluding steroid dienone is 2. The Bertz CT molecular complexity index is 456. The number of nitrogens with zero attached hydrogens (tertiary/aromatic N) is 1. The summed E-state index contributed by atoms with van der Waals surface area (Å²) in [4.78, 5) is 4.82. The second-order valence-electron chi connectivity index (χ2n) is 5.50. The van der Waals surface area contributed by atoms with Crippen molar-refractivity contribution < 1.29 is 0 Å². The van der Waals surface area contributed by atoms with Crippen LogP contribution in [0.1, 0.15) is 44.1 Å². The molecule has 3 rings (SSSR count). The number of benzene rings is 1. The molecule has 1 aliphatic heterocycles. The van der Waals surface area contributed by atoms with Crippen LogP contribution in [0.15, 0.2) is 46.5 Å². The van der Waals surface area contributed by atoms with E-state index in [2.05, 4.69) is 36.5 Å². The average Bonchev–Trinajstić information content (AvgIpc) is 2.63. The van der Waals surface area contributed by atoms with Crippen molar-refractivity contribution in [1.29, 1.82) is 0 Å². The van der Waals surface area contributed by atoms with Crippen LogP contribution in [0.4, 0.5) is 0 Å². The first-order valence-electron chi connectivity index (χ1n) is 7.20. The normalized spacial score (nSPS) is 23.7. The van der Waals surface area contributed by atoms with E-state index in [1.807, 2.05) is 0 Å². The molecule has 1 nitrogen and oxygen atoms in total. The second kappa shape index (κ2) is 5.51. The third-order valence-corrected chi connectivity index (χ3v) is 4.16. The van der Waals surface area contributed by atoms with Gasteiger partial charge in [-0.2, -0.15) is 0 Å². The van der Waals surface area contributed by atoms with Crippen LogP contribution in [0.5, 0.6) is 0 Å². The number of rotatable bonds is 2. The van der Waals surface area contributed by atoms with E-state index in [9.17, 15) is 0 Å². The molecule has 0 radical (unpaired) electrons. The Morgan fingerprint density at radius 3 is 2.72 bits per heavy atom. The molecule has 94 valence electrons. The van der Waals surface area contributed by atoms with Gasteiger partial charge in [-0.05, 0) is 56.1 Å². The summed E-state index contributed by atoms with van der Waals surface area (Å²) in [5, 5.41) is 0. The van der Waals surface area contributed by atoms with Crippen LogP contribution >= 0.6 is 0 Å². The van der Waals surface area contributed by atoms with Crippen LogP contribution < -0.4 is 0 Å². The molecule has 2 aliphatic rings. The lowest BCUT2D eigenvalue weighted by Crippen LogP contribution is -2.08. The van der Waals surface area contributed by atoms with Crippen molar-refractivity contribution in [3.63, 3.8) is 0 Å². The summed E-state index contributed by atoms with van der Waals surface area (Å²) >= 11 is 0. The maximum Gasteiger partial charge on any atom is 0.0543 e. The van der Waals surface area contributed by atoms with E-state index in [-0.39, 0.29) is 0 Å². The Morgan fingerprint density at radius 1 is 1.00 bits per heavy atom. The molecular weight excluding hydrogens is 218 g/mol. The molecule has 0 bridgehead atoms. The lowest BCUT2D eigenvalue weighted by atomic mass is 9.89. The molecule has 1 aromatic rings. The minimum atomic E-state index is 0.484. The molecule has 0 amide bonds. The third-order valence-electron chi connectivity index (χ3n) is 4.16. The highest BCUT2D eigenvalue weighted by atomic mass is 14.8. The second-order valence-corrected chi connectivity index (χ2v) is 5.50. The fourth-order valence-corrected chi connectivity index (χ4v) is 3.08. The Kier molecular flexibility index (Phi) is 3.59. The Balaban J connectivity index is 1.67. The molecule has 1 heterocycles. The van der Waals surface area contributed by atoms with Crippen LogP contribution in [0.2, 0.25) is 0 Å². The molecule has 1 atom stereocenters. The van der Waals surface area contributed by atoms with Gasteiger partial charge in [0.15, 0.2) is 0 Å². The molecule has 1 unspecified atom stereocenters. The summed E-state index contributed by atoms with van der Waals surface area (Å²) in [7, 11) is 0. The van der Waals surface area contributed by atoms with Crippen molar-refractivity contribution in [3.05, 3.63) is 47.0 Å². The van der Waals surface area contributed by atoms with Gasteiger partial charge >= 0.3 is 0 Å². The maximum absolute atomic E-state index is 4.82. The van der Waals surface area contributed by atoms with E-state index >= 15 is 0 Å². The molecule has 18 heavy (non-hydrogen) atoms. The van der Waals surface area contributed by atoms with Crippen LogP contribution in [0.3, 0.4) is 0 Å². The van der Waals surface area contributed by atoms with Crippen molar-refractivity contribution in [2.75, 3.05) is 0 Å². The van der Waals surface area contributed by atoms with Crippen molar-refractivity contribution in [2.24, 2.45) is 4.99 Å². The molecule has 0 aromatic heterocycles. The zero-order chi connectivity index (χ0) is 12.2. The minimum absolute atomic E-state index is 0.484. The molecule has 1 aromatic carbocycles. The fourth-order valence-electron chi connectivity index (χ4n) is 3.08. The highest BCUT2D eigenvalue weighted by molar-refractivity contribution is 5.80. The minimum Gasteiger partial charge on any atom is -0.289 e. The molecule has 0 spiro atoms. The lowest BCUT2D eigenvalue weighted by molar-refractivity contribution is 0.594. The van der Waals surface area contributed by atoms with Crippen molar-refractivity contribution in [3.8, 4) is 0 Å². The summed E-state index contributed by atoms with van der Waals surface area (Å²) < 4.78 is 0. The van der Waals surface area contributed by atoms with E-state index in [0.29, 0.717) is 6.04 Å². The predicted octanol–water partition coefficient (Wildman–Crippen LogP) is 4.33. The van der Waals surface area contributed by atoms with Gasteiger partial charge in [0.1, 0.15) is 0 Å². The van der Waals surface area contributed by atoms with E-state index in [1.54, 1.807) is 11.1 Å². The van der Waals surface area contributed by atoms with Crippen LogP contribution in [-0.2, 0) is 6.42 Å². The number of hydrogen-bond donors (Lipinski definition) is 0. The SMILES string of the molecule is C1=NC(Cc2ccccc2)CCC2=C1CCCC2. The molecule has 0 saturated carbocycles. The lowest BCUT2D eigenvalue weighted by Gasteiger charge is -2.16. The van der Waals surface area contributed by atoms with Crippen molar-refractivity contribution in [2.45, 2.75) is 51.0 Å². The largest absolute Gasteiger partial charge is 0.289 e. The Morgan fingerprint density at radius 2 is 1.83 bits per heavy atom. The zero-order valence-corrected chi connectivity index (χ0v) is 10.9. The third kappa shape index (κ3) is 2.72. The number of hydrogen-bond acceptors (Lipinski definition) is 1. The van der Waals surface area contributed by atoms with Gasteiger partial charge < -0.3 is 0 Å². The van der Waals surface area contributed by atoms with E-state index in [0.717, 1.165) is 6.42 Å². The monoisotopic (exact) mass is 239 g/mol. The smallest absolute Gasteiger partial charge is 0.0543 e. The number of aliphatic imine (C=N–C) groups is 1. The van der Waals surface area contributed by atoms with E-state index in [1.165, 1.54) is 44.1 Å². The van der Waals surface area contributed by atoms with Gasteiger partial charge in [0.2, 0.25) is 0 Å². The average molecular weight is 239 g/mol. The first kappa shape index (κ1) is 11.7. The van der Waals surface area contributed by atoms with Gasteiger partial charge in [0, 0.05) is 6.21 Å². The predicted molar refractivity (Wildman–Crippen MR) is 77.2 cm³/mol. The molecule has 0 saturated heterocycles. The quantitative estimate of drug-likeness (QED) is 0.728. The maximum atomic E-state index is 4.82. The molecule has 0 fully saturated rings. The summed E-state index contributed by atoms with van der Waals surface area (Å²) in [6.07, 6.45) is 11.1. The van der Waals surface area contributed by atoms with Gasteiger partial charge in [-0.3, -0.25) is 4.99 Å². The summed E-state index contributed by atoms with van der Waals surface area (Å²) in [5.41, 5.74) is 4.66. The van der Waals surface area contributed by atoms with Crippen molar-refractivity contribution >= 4 is 6.21 Å². The zero-order valence-electron chi connectivity index (χ0n) is 10.9. The molecule has 0 N–H and O–H groups in total. The summed E-state index contributed by atoms with van der Waals surface area (Å²) in [5.74, 6) is 0. The highest BCUT2D eigenvalue weighted by Crippen LogP contribution is 2.30. The molecular formula is C17H21N. The summed E-state index contributed by atoms with van der Waals surface area (Å²) in [6.45, 7) is 0. The van der Waals surface area contributed by atoms with E-state index < -0.39 is 0 Å². The first-order chi connectivity index (χ1) is 8.92. The van der Waals surface area contributed by atoms with Gasteiger partial charge in [-0.25, -0.2) is 0 Å². The van der Waals surface area contributed by atoms with Gasteiger partial charge in [-0.15, -0.1) is 0 Å². The van der Waals surface area contributed by atoms with Crippen LogP contribution in [0.25, 0.3) is 0 Å². The van der Waals surface area contributed by atoms with Gasteiger partial charge in [0.25, 0.3) is 0 Å². The molecule has 1 heteroatoms. The topological polar surface area (TPSA) is 12.4 Å². The standard InChI is InChI=1S/C17H21N/c1-2-6-14(7-3-1)12-17-11-10-15-8-4-5-9-16(15)13-18-17/h1-3,6-7,13,17H,4-5,8-12H2. The first-order valence-corrected chi connectivity index (χ1v) is 7.20.